The van der Waals surface area contributed by atoms with Crippen molar-refractivity contribution in [3.8, 4) is 0 Å². The van der Waals surface area contributed by atoms with Gasteiger partial charge in [-0.25, -0.2) is 0 Å². The fraction of sp³-hybridized carbons (Fsp3) is 0.130. The highest BCUT2D eigenvalue weighted by atomic mass is 32.2. The molecular formula is C23H21NO2S. The highest BCUT2D eigenvalue weighted by Gasteiger charge is 2.15. The fourth-order valence-electron chi connectivity index (χ4n) is 2.72. The summed E-state index contributed by atoms with van der Waals surface area (Å²) in [5, 5.41) is 2.89. The molecule has 3 nitrogen and oxygen atoms in total. The molecule has 3 aromatic rings. The molecule has 0 aromatic heterocycles. The molecule has 27 heavy (non-hydrogen) atoms. The van der Waals surface area contributed by atoms with Crippen LogP contribution in [0.1, 0.15) is 27.0 Å². The van der Waals surface area contributed by atoms with Crippen LogP contribution in [0.15, 0.2) is 78.9 Å². The second-order valence-electron chi connectivity index (χ2n) is 6.27. The Bertz CT molecular complexity index is 924. The molecular weight excluding hydrogens is 354 g/mol. The first-order chi connectivity index (χ1) is 13.1. The van der Waals surface area contributed by atoms with E-state index < -0.39 is 0 Å². The number of nitrogens with one attached hydrogen (secondary N) is 1. The highest BCUT2D eigenvalue weighted by Crippen LogP contribution is 2.22. The summed E-state index contributed by atoms with van der Waals surface area (Å²) in [7, 11) is 0. The van der Waals surface area contributed by atoms with E-state index in [2.05, 4.69) is 5.32 Å². The summed E-state index contributed by atoms with van der Waals surface area (Å²) in [5.74, 6) is 0.910. The number of benzene rings is 3. The maximum absolute atomic E-state index is 12.8. The monoisotopic (exact) mass is 375 g/mol. The summed E-state index contributed by atoms with van der Waals surface area (Å²) < 4.78 is 0. The van der Waals surface area contributed by atoms with Crippen molar-refractivity contribution in [1.82, 2.24) is 0 Å². The SMILES string of the molecule is Cc1ccc(NC(=O)CSCc2ccccc2)c(C(=O)c2ccccc2)c1. The van der Waals surface area contributed by atoms with Crippen molar-refractivity contribution >= 4 is 29.1 Å². The van der Waals surface area contributed by atoms with Crippen molar-refractivity contribution in [3.05, 3.63) is 101 Å². The average molecular weight is 375 g/mol. The Hall–Kier alpha value is -2.85. The van der Waals surface area contributed by atoms with Gasteiger partial charge in [-0.05, 0) is 24.6 Å². The third-order valence-corrected chi connectivity index (χ3v) is 5.08. The molecule has 0 atom stereocenters. The Morgan fingerprint density at radius 1 is 0.889 bits per heavy atom. The van der Waals surface area contributed by atoms with Crippen LogP contribution in [0.5, 0.6) is 0 Å². The van der Waals surface area contributed by atoms with Crippen molar-refractivity contribution in [2.45, 2.75) is 12.7 Å². The van der Waals surface area contributed by atoms with Gasteiger partial charge in [0.15, 0.2) is 5.78 Å². The largest absolute Gasteiger partial charge is 0.325 e. The lowest BCUT2D eigenvalue weighted by Crippen LogP contribution is -2.17. The number of carbonyl (C=O) groups is 2. The fourth-order valence-corrected chi connectivity index (χ4v) is 3.51. The molecule has 0 fully saturated rings. The molecule has 3 aromatic carbocycles. The second kappa shape index (κ2) is 9.19. The van der Waals surface area contributed by atoms with Gasteiger partial charge in [0.1, 0.15) is 0 Å². The molecule has 0 spiro atoms. The standard InChI is InChI=1S/C23H21NO2S/c1-17-12-13-21(20(14-17)23(26)19-10-6-3-7-11-19)24-22(25)16-27-15-18-8-4-2-5-9-18/h2-14H,15-16H2,1H3,(H,24,25). The van der Waals surface area contributed by atoms with Gasteiger partial charge in [0.2, 0.25) is 5.91 Å². The van der Waals surface area contributed by atoms with Crippen LogP contribution in [-0.4, -0.2) is 17.4 Å². The van der Waals surface area contributed by atoms with Gasteiger partial charge in [0, 0.05) is 16.9 Å². The summed E-state index contributed by atoms with van der Waals surface area (Å²) in [4.78, 5) is 25.2. The van der Waals surface area contributed by atoms with Crippen LogP contribution in [-0.2, 0) is 10.5 Å². The molecule has 4 heteroatoms. The topological polar surface area (TPSA) is 46.2 Å². The zero-order valence-corrected chi connectivity index (χ0v) is 16.0. The molecule has 0 aliphatic carbocycles. The lowest BCUT2D eigenvalue weighted by Gasteiger charge is -2.12. The maximum atomic E-state index is 12.8. The van der Waals surface area contributed by atoms with Crippen LogP contribution in [0, 0.1) is 6.92 Å². The predicted molar refractivity (Wildman–Crippen MR) is 112 cm³/mol. The van der Waals surface area contributed by atoms with Crippen LogP contribution >= 0.6 is 11.8 Å². The van der Waals surface area contributed by atoms with Gasteiger partial charge < -0.3 is 5.32 Å². The molecule has 0 saturated heterocycles. The number of ketones is 1. The number of hydrogen-bond acceptors (Lipinski definition) is 3. The Morgan fingerprint density at radius 3 is 2.26 bits per heavy atom. The Kier molecular flexibility index (Phi) is 6.44. The van der Waals surface area contributed by atoms with Gasteiger partial charge in [-0.1, -0.05) is 72.3 Å². The molecule has 3 rings (SSSR count). The molecule has 0 bridgehead atoms. The third-order valence-electron chi connectivity index (χ3n) is 4.07. The van der Waals surface area contributed by atoms with E-state index >= 15 is 0 Å². The first-order valence-corrected chi connectivity index (χ1v) is 9.91. The third kappa shape index (κ3) is 5.31. The van der Waals surface area contributed by atoms with Gasteiger partial charge in [-0.3, -0.25) is 9.59 Å². The smallest absolute Gasteiger partial charge is 0.234 e. The van der Waals surface area contributed by atoms with E-state index in [0.717, 1.165) is 11.3 Å². The molecule has 0 heterocycles. The molecule has 1 amide bonds. The van der Waals surface area contributed by atoms with Crippen LogP contribution in [0.3, 0.4) is 0 Å². The lowest BCUT2D eigenvalue weighted by atomic mass is 10.00. The van der Waals surface area contributed by atoms with Gasteiger partial charge in [-0.15, -0.1) is 11.8 Å². The minimum atomic E-state index is -0.109. The number of carbonyl (C=O) groups excluding carboxylic acids is 2. The first kappa shape index (κ1) is 18.9. The van der Waals surface area contributed by atoms with Gasteiger partial charge in [-0.2, -0.15) is 0 Å². The van der Waals surface area contributed by atoms with Crippen molar-refractivity contribution in [3.63, 3.8) is 0 Å². The minimum absolute atomic E-state index is 0.0912. The van der Waals surface area contributed by atoms with E-state index in [1.54, 1.807) is 30.0 Å². The number of amides is 1. The summed E-state index contributed by atoms with van der Waals surface area (Å²) in [5.41, 5.74) is 3.84. The second-order valence-corrected chi connectivity index (χ2v) is 7.26. The van der Waals surface area contributed by atoms with Gasteiger partial charge >= 0.3 is 0 Å². The van der Waals surface area contributed by atoms with Crippen LogP contribution in [0.2, 0.25) is 0 Å². The van der Waals surface area contributed by atoms with E-state index in [4.69, 9.17) is 0 Å². The summed E-state index contributed by atoms with van der Waals surface area (Å²) >= 11 is 1.55. The van der Waals surface area contributed by atoms with E-state index in [1.807, 2.05) is 67.6 Å². The zero-order chi connectivity index (χ0) is 19.1. The molecule has 0 saturated carbocycles. The van der Waals surface area contributed by atoms with Crippen molar-refractivity contribution < 1.29 is 9.59 Å². The zero-order valence-electron chi connectivity index (χ0n) is 15.1. The number of hydrogen-bond donors (Lipinski definition) is 1. The van der Waals surface area contributed by atoms with Crippen LogP contribution in [0.25, 0.3) is 0 Å². The minimum Gasteiger partial charge on any atom is -0.325 e. The van der Waals surface area contributed by atoms with Gasteiger partial charge in [0.25, 0.3) is 0 Å². The molecule has 1 N–H and O–H groups in total. The van der Waals surface area contributed by atoms with E-state index in [9.17, 15) is 9.59 Å². The maximum Gasteiger partial charge on any atom is 0.234 e. The lowest BCUT2D eigenvalue weighted by molar-refractivity contribution is -0.113. The Morgan fingerprint density at radius 2 is 1.56 bits per heavy atom. The molecule has 0 aliphatic heterocycles. The number of anilines is 1. The average Bonchev–Trinajstić information content (AvgIpc) is 2.70. The predicted octanol–water partition coefficient (Wildman–Crippen LogP) is 5.10. The normalized spacial score (nSPS) is 10.4. The van der Waals surface area contributed by atoms with E-state index in [0.29, 0.717) is 22.6 Å². The van der Waals surface area contributed by atoms with Crippen molar-refractivity contribution in [2.75, 3.05) is 11.1 Å². The van der Waals surface area contributed by atoms with Crippen LogP contribution in [0.4, 0.5) is 5.69 Å². The molecule has 136 valence electrons. The molecule has 0 unspecified atom stereocenters. The first-order valence-electron chi connectivity index (χ1n) is 8.75. The number of rotatable bonds is 7. The van der Waals surface area contributed by atoms with Gasteiger partial charge in [0.05, 0.1) is 11.4 Å². The quantitative estimate of drug-likeness (QED) is 0.585. The Balaban J connectivity index is 1.67. The number of aryl methyl sites for hydroxylation is 1. The van der Waals surface area contributed by atoms with E-state index in [-0.39, 0.29) is 11.7 Å². The molecule has 0 aliphatic rings. The van der Waals surface area contributed by atoms with Crippen molar-refractivity contribution in [2.24, 2.45) is 0 Å². The van der Waals surface area contributed by atoms with Crippen molar-refractivity contribution in [1.29, 1.82) is 0 Å². The molecule has 0 radical (unpaired) electrons. The summed E-state index contributed by atoms with van der Waals surface area (Å²) in [6.45, 7) is 1.93. The van der Waals surface area contributed by atoms with E-state index in [1.165, 1.54) is 5.56 Å². The van der Waals surface area contributed by atoms with Crippen LogP contribution < -0.4 is 5.32 Å². The summed E-state index contributed by atoms with van der Waals surface area (Å²) in [6.07, 6.45) is 0. The summed E-state index contributed by atoms with van der Waals surface area (Å²) in [6, 6.07) is 24.7. The Labute approximate surface area is 163 Å². The number of thioether (sulfide) groups is 1. The highest BCUT2D eigenvalue weighted by molar-refractivity contribution is 7.99.